The minimum absolute atomic E-state index is 0.0577. The molecular formula is C30H37N5O2S. The van der Waals surface area contributed by atoms with Crippen LogP contribution >= 0.6 is 12.2 Å². The smallest absolute Gasteiger partial charge is 0.224 e. The van der Waals surface area contributed by atoms with E-state index in [9.17, 15) is 4.79 Å². The Hall–Kier alpha value is -3.39. The number of carbonyl (C=O) groups excluding carboxylic acids is 1. The molecule has 8 heteroatoms. The van der Waals surface area contributed by atoms with Gasteiger partial charge in [-0.15, -0.1) is 0 Å². The second-order valence-corrected chi connectivity index (χ2v) is 10.7. The molecule has 2 aliphatic rings. The summed E-state index contributed by atoms with van der Waals surface area (Å²) >= 11 is 5.96. The maximum absolute atomic E-state index is 12.1. The second-order valence-electron chi connectivity index (χ2n) is 10.3. The van der Waals surface area contributed by atoms with Gasteiger partial charge in [0.05, 0.1) is 30.6 Å². The van der Waals surface area contributed by atoms with Crippen molar-refractivity contribution in [1.29, 1.82) is 0 Å². The lowest BCUT2D eigenvalue weighted by molar-refractivity contribution is -0.115. The first kappa shape index (κ1) is 26.2. The number of aryl methyl sites for hydroxylation is 1. The van der Waals surface area contributed by atoms with Crippen LogP contribution in [0.4, 0.5) is 11.4 Å². The molecule has 1 aliphatic heterocycles. The molecule has 0 bridgehead atoms. The number of thiocarbonyl (C=S) groups is 1. The Balaban J connectivity index is 1.60. The first-order chi connectivity index (χ1) is 18.4. The highest BCUT2D eigenvalue weighted by molar-refractivity contribution is 7.80. The van der Waals surface area contributed by atoms with E-state index in [1.807, 2.05) is 43.5 Å². The van der Waals surface area contributed by atoms with Crippen LogP contribution in [-0.4, -0.2) is 27.7 Å². The van der Waals surface area contributed by atoms with Gasteiger partial charge in [0.15, 0.2) is 5.11 Å². The van der Waals surface area contributed by atoms with Crippen LogP contribution in [0, 0.1) is 13.8 Å². The molecule has 200 valence electrons. The maximum atomic E-state index is 12.1. The molecule has 1 saturated carbocycles. The van der Waals surface area contributed by atoms with Crippen molar-refractivity contribution < 1.29 is 9.53 Å². The number of carbonyl (C=O) groups is 1. The minimum atomic E-state index is -0.116. The van der Waals surface area contributed by atoms with Gasteiger partial charge in [-0.1, -0.05) is 32.3 Å². The summed E-state index contributed by atoms with van der Waals surface area (Å²) in [4.78, 5) is 19.0. The van der Waals surface area contributed by atoms with Gasteiger partial charge in [-0.3, -0.25) is 9.78 Å². The van der Waals surface area contributed by atoms with Gasteiger partial charge in [0.25, 0.3) is 0 Å². The zero-order chi connectivity index (χ0) is 26.8. The lowest BCUT2D eigenvalue weighted by Gasteiger charge is -2.30. The van der Waals surface area contributed by atoms with Crippen LogP contribution in [0.1, 0.15) is 86.2 Å². The third-order valence-corrected chi connectivity index (χ3v) is 8.25. The van der Waals surface area contributed by atoms with Gasteiger partial charge in [0, 0.05) is 41.8 Å². The first-order valence-electron chi connectivity index (χ1n) is 13.6. The molecule has 0 unspecified atom stereocenters. The van der Waals surface area contributed by atoms with E-state index in [0.29, 0.717) is 29.0 Å². The van der Waals surface area contributed by atoms with E-state index in [0.717, 1.165) is 11.4 Å². The van der Waals surface area contributed by atoms with E-state index in [1.54, 1.807) is 7.11 Å². The molecule has 1 aromatic carbocycles. The van der Waals surface area contributed by atoms with E-state index >= 15 is 0 Å². The average Bonchev–Trinajstić information content (AvgIpc) is 3.44. The van der Waals surface area contributed by atoms with Crippen molar-refractivity contribution in [2.75, 3.05) is 17.3 Å². The van der Waals surface area contributed by atoms with Crippen molar-refractivity contribution in [2.24, 2.45) is 0 Å². The summed E-state index contributed by atoms with van der Waals surface area (Å²) in [5, 5.41) is 7.14. The van der Waals surface area contributed by atoms with Crippen LogP contribution in [0.15, 0.2) is 48.7 Å². The zero-order valence-electron chi connectivity index (χ0n) is 22.7. The highest BCUT2D eigenvalue weighted by Crippen LogP contribution is 2.45. The summed E-state index contributed by atoms with van der Waals surface area (Å²) in [6.45, 7) is 6.30. The molecule has 2 N–H and O–H groups in total. The number of nitrogens with one attached hydrogen (secondary N) is 2. The predicted molar refractivity (Wildman–Crippen MR) is 156 cm³/mol. The number of pyridine rings is 1. The number of hydrogen-bond donors (Lipinski definition) is 2. The number of ether oxygens (including phenoxy) is 1. The summed E-state index contributed by atoms with van der Waals surface area (Å²) in [6.07, 6.45) is 8.59. The van der Waals surface area contributed by atoms with E-state index in [2.05, 4.69) is 46.1 Å². The van der Waals surface area contributed by atoms with E-state index in [1.165, 1.54) is 49.1 Å². The van der Waals surface area contributed by atoms with Crippen LogP contribution in [0.5, 0.6) is 5.75 Å². The van der Waals surface area contributed by atoms with E-state index < -0.39 is 0 Å². The maximum Gasteiger partial charge on any atom is 0.224 e. The molecule has 1 saturated heterocycles. The number of rotatable bonds is 7. The van der Waals surface area contributed by atoms with Gasteiger partial charge in [-0.2, -0.15) is 0 Å². The number of methoxy groups -OCH3 is 1. The molecule has 5 rings (SSSR count). The Kier molecular flexibility index (Phi) is 7.70. The van der Waals surface area contributed by atoms with Crippen molar-refractivity contribution in [1.82, 2.24) is 14.9 Å². The fourth-order valence-electron chi connectivity index (χ4n) is 6.12. The van der Waals surface area contributed by atoms with Gasteiger partial charge in [-0.25, -0.2) is 0 Å². The molecule has 0 radical (unpaired) electrons. The monoisotopic (exact) mass is 531 g/mol. The van der Waals surface area contributed by atoms with Gasteiger partial charge in [-0.05, 0) is 74.8 Å². The molecule has 1 aliphatic carbocycles. The van der Waals surface area contributed by atoms with Gasteiger partial charge in [0.2, 0.25) is 5.91 Å². The van der Waals surface area contributed by atoms with Gasteiger partial charge in [0.1, 0.15) is 5.75 Å². The Morgan fingerprint density at radius 1 is 1.16 bits per heavy atom. The standard InChI is InChI=1S/C30H37N5O2S/c1-5-27(36)32-24-15-14-22(18-26(24)37-4)35-29(28(33-30(35)38)25-13-9-10-16-31-25)23-17-19(2)34(20(23)3)21-11-7-6-8-12-21/h9-10,13-18,21,28-29H,5-8,11-12H2,1-4H3,(H,32,36)(H,33,38)/t28-,29-/m1/s1. The summed E-state index contributed by atoms with van der Waals surface area (Å²) < 4.78 is 8.23. The third-order valence-electron chi connectivity index (χ3n) is 7.94. The van der Waals surface area contributed by atoms with Crippen molar-refractivity contribution in [3.63, 3.8) is 0 Å². The molecule has 38 heavy (non-hydrogen) atoms. The van der Waals surface area contributed by atoms with E-state index in [4.69, 9.17) is 21.9 Å². The van der Waals surface area contributed by atoms with Gasteiger partial charge < -0.3 is 24.8 Å². The quantitative estimate of drug-likeness (QED) is 0.337. The predicted octanol–water partition coefficient (Wildman–Crippen LogP) is 6.54. The summed E-state index contributed by atoms with van der Waals surface area (Å²) in [7, 11) is 1.62. The van der Waals surface area contributed by atoms with Crippen LogP contribution in [-0.2, 0) is 4.79 Å². The van der Waals surface area contributed by atoms with Crippen molar-refractivity contribution >= 4 is 34.6 Å². The highest BCUT2D eigenvalue weighted by atomic mass is 32.1. The van der Waals surface area contributed by atoms with Crippen molar-refractivity contribution in [3.05, 3.63) is 71.3 Å². The Morgan fingerprint density at radius 2 is 1.95 bits per heavy atom. The lowest BCUT2D eigenvalue weighted by Crippen LogP contribution is -2.29. The van der Waals surface area contributed by atoms with Crippen LogP contribution < -0.4 is 20.3 Å². The minimum Gasteiger partial charge on any atom is -0.494 e. The molecule has 2 aromatic heterocycles. The van der Waals surface area contributed by atoms with Crippen LogP contribution in [0.3, 0.4) is 0 Å². The number of amides is 1. The average molecular weight is 532 g/mol. The molecule has 0 spiro atoms. The van der Waals surface area contributed by atoms with Gasteiger partial charge >= 0.3 is 0 Å². The van der Waals surface area contributed by atoms with E-state index in [-0.39, 0.29) is 18.0 Å². The molecule has 7 nitrogen and oxygen atoms in total. The third kappa shape index (κ3) is 4.89. The van der Waals surface area contributed by atoms with Crippen molar-refractivity contribution in [2.45, 2.75) is 77.4 Å². The Morgan fingerprint density at radius 3 is 2.63 bits per heavy atom. The summed E-state index contributed by atoms with van der Waals surface area (Å²) in [5.74, 6) is 0.539. The van der Waals surface area contributed by atoms with Crippen LogP contribution in [0.25, 0.3) is 0 Å². The number of benzene rings is 1. The topological polar surface area (TPSA) is 71.4 Å². The molecule has 2 atom stereocenters. The lowest BCUT2D eigenvalue weighted by atomic mass is 9.94. The molecule has 2 fully saturated rings. The molecule has 1 amide bonds. The Bertz CT molecular complexity index is 1320. The van der Waals surface area contributed by atoms with Crippen molar-refractivity contribution in [3.8, 4) is 5.75 Å². The SMILES string of the molecule is CCC(=O)Nc1ccc(N2C(=S)N[C@H](c3ccccn3)[C@H]2c2cc(C)n(C3CCCCC3)c2C)cc1OC. The molecular weight excluding hydrogens is 494 g/mol. The summed E-state index contributed by atoms with van der Waals surface area (Å²) in [6, 6.07) is 14.5. The fourth-order valence-corrected chi connectivity index (χ4v) is 6.47. The molecule has 3 heterocycles. The highest BCUT2D eigenvalue weighted by Gasteiger charge is 2.42. The number of anilines is 2. The zero-order valence-corrected chi connectivity index (χ0v) is 23.5. The number of hydrogen-bond acceptors (Lipinski definition) is 4. The van der Waals surface area contributed by atoms with Crippen LogP contribution in [0.2, 0.25) is 0 Å². The normalized spacial score (nSPS) is 19.9. The largest absolute Gasteiger partial charge is 0.494 e. The fraction of sp³-hybridized carbons (Fsp3) is 0.433. The Labute approximate surface area is 230 Å². The number of aromatic nitrogens is 2. The second kappa shape index (κ2) is 11.2. The first-order valence-corrected chi connectivity index (χ1v) is 14.0. The summed E-state index contributed by atoms with van der Waals surface area (Å²) in [5.41, 5.74) is 6.32. The number of nitrogens with zero attached hydrogens (tertiary/aromatic N) is 3. The molecule has 3 aromatic rings.